The fourth-order valence-corrected chi connectivity index (χ4v) is 10.6. The van der Waals surface area contributed by atoms with Crippen LogP contribution in [0.5, 0.6) is 0 Å². The molecular formula is C35H46O12S8. The second kappa shape index (κ2) is 28.3. The highest BCUT2D eigenvalue weighted by atomic mass is 33.2. The van der Waals surface area contributed by atoms with Crippen LogP contribution in [-0.4, -0.2) is 51.9 Å². The molecule has 306 valence electrons. The summed E-state index contributed by atoms with van der Waals surface area (Å²) in [7, 11) is -14.1. The Bertz CT molecular complexity index is 1720. The van der Waals surface area contributed by atoms with Crippen LogP contribution in [0, 0.1) is 0 Å². The van der Waals surface area contributed by atoms with E-state index in [9.17, 15) is 33.7 Å². The van der Waals surface area contributed by atoms with E-state index < -0.39 is 36.6 Å². The SMILES string of the molecule is C1CCCC1.C1CCCCC1.O=S(=O)(O)Sc1ccccc1.O=S(=O)(O)Sc1ccccc1.O=S(=O)(O)Sc1ccccc1.O=S(=O)(O)Sc1ccccc1. The van der Waals surface area contributed by atoms with Gasteiger partial charge in [0.05, 0.1) is 0 Å². The highest BCUT2D eigenvalue weighted by Gasteiger charge is 2.08. The smallest absolute Gasteiger partial charge is 0.277 e. The number of rotatable bonds is 8. The zero-order valence-electron chi connectivity index (χ0n) is 29.6. The van der Waals surface area contributed by atoms with Crippen LogP contribution in [0.1, 0.15) is 70.6 Å². The van der Waals surface area contributed by atoms with Gasteiger partial charge in [-0.3, -0.25) is 18.2 Å². The Labute approximate surface area is 340 Å². The molecule has 6 rings (SSSR count). The molecule has 2 aliphatic rings. The lowest BCUT2D eigenvalue weighted by atomic mass is 10.0. The molecule has 0 saturated heterocycles. The van der Waals surface area contributed by atoms with E-state index >= 15 is 0 Å². The lowest BCUT2D eigenvalue weighted by molar-refractivity contribution is 0.500. The molecular weight excluding hydrogens is 869 g/mol. The Morgan fingerprint density at radius 3 is 0.509 bits per heavy atom. The summed E-state index contributed by atoms with van der Waals surface area (Å²) in [6.07, 6.45) is 16.5. The summed E-state index contributed by atoms with van der Waals surface area (Å²) < 4.78 is 116. The third kappa shape index (κ3) is 34.9. The van der Waals surface area contributed by atoms with Gasteiger partial charge in [0, 0.05) is 62.8 Å². The van der Waals surface area contributed by atoms with Gasteiger partial charge < -0.3 is 0 Å². The van der Waals surface area contributed by atoms with Crippen LogP contribution in [0.2, 0.25) is 0 Å². The zero-order chi connectivity index (χ0) is 41.1. The van der Waals surface area contributed by atoms with Crippen molar-refractivity contribution in [2.24, 2.45) is 0 Å². The highest BCUT2D eigenvalue weighted by Crippen LogP contribution is 2.24. The van der Waals surface area contributed by atoms with Gasteiger partial charge in [0.1, 0.15) is 0 Å². The summed E-state index contributed by atoms with van der Waals surface area (Å²) in [5.41, 5.74) is 0. The molecule has 4 aromatic rings. The second-order valence-electron chi connectivity index (χ2n) is 11.2. The molecule has 55 heavy (non-hydrogen) atoms. The van der Waals surface area contributed by atoms with Gasteiger partial charge in [-0.25, -0.2) is 0 Å². The average molecular weight is 915 g/mol. The summed E-state index contributed by atoms with van der Waals surface area (Å²) in [6, 6.07) is 33.6. The van der Waals surface area contributed by atoms with Crippen molar-refractivity contribution >= 4 is 79.8 Å². The van der Waals surface area contributed by atoms with E-state index in [2.05, 4.69) is 0 Å². The summed E-state index contributed by atoms with van der Waals surface area (Å²) in [6.45, 7) is 0. The quantitative estimate of drug-likeness (QED) is 0.0954. The van der Waals surface area contributed by atoms with E-state index in [1.807, 2.05) is 0 Å². The van der Waals surface area contributed by atoms with E-state index in [1.165, 1.54) is 70.6 Å². The van der Waals surface area contributed by atoms with E-state index in [-0.39, 0.29) is 0 Å². The number of hydrogen-bond acceptors (Lipinski definition) is 12. The molecule has 0 aliphatic heterocycles. The topological polar surface area (TPSA) is 217 Å². The van der Waals surface area contributed by atoms with Crippen molar-refractivity contribution < 1.29 is 51.9 Å². The molecule has 12 nitrogen and oxygen atoms in total. The summed E-state index contributed by atoms with van der Waals surface area (Å²) in [5, 5.41) is 0. The number of hydrogen-bond donors (Lipinski definition) is 4. The van der Waals surface area contributed by atoms with Gasteiger partial charge in [-0.2, -0.15) is 33.7 Å². The van der Waals surface area contributed by atoms with Gasteiger partial charge >= 0.3 is 36.6 Å². The van der Waals surface area contributed by atoms with Crippen LogP contribution >= 0.6 is 43.2 Å². The normalized spacial score (nSPS) is 13.9. The minimum atomic E-state index is -3.96. The Hall–Kier alpha value is -2.08. The third-order valence-electron chi connectivity index (χ3n) is 6.53. The maximum absolute atomic E-state index is 10.3. The largest absolute Gasteiger partial charge is 0.324 e. The first-order valence-corrected chi connectivity index (χ1v) is 27.8. The Kier molecular flexibility index (Phi) is 26.2. The van der Waals surface area contributed by atoms with Gasteiger partial charge in [-0.1, -0.05) is 143 Å². The lowest BCUT2D eigenvalue weighted by Crippen LogP contribution is -1.87. The number of benzene rings is 4. The Balaban J connectivity index is 0.000000336. The van der Waals surface area contributed by atoms with Crippen molar-refractivity contribution in [3.8, 4) is 0 Å². The first kappa shape index (κ1) is 50.9. The molecule has 0 aromatic heterocycles. The molecule has 0 radical (unpaired) electrons. The first-order chi connectivity index (χ1) is 25.8. The van der Waals surface area contributed by atoms with Crippen molar-refractivity contribution in [1.82, 2.24) is 0 Å². The molecule has 0 bridgehead atoms. The van der Waals surface area contributed by atoms with Crippen molar-refractivity contribution in [3.63, 3.8) is 0 Å². The fraction of sp³-hybridized carbons (Fsp3) is 0.314. The molecule has 2 aliphatic carbocycles. The first-order valence-electron chi connectivity index (χ1n) is 16.7. The Morgan fingerprint density at radius 1 is 0.273 bits per heavy atom. The van der Waals surface area contributed by atoms with Gasteiger partial charge in [-0.15, -0.1) is 0 Å². The van der Waals surface area contributed by atoms with Crippen LogP contribution in [0.25, 0.3) is 0 Å². The predicted octanol–water partition coefficient (Wildman–Crippen LogP) is 10.6. The maximum atomic E-state index is 10.3. The lowest BCUT2D eigenvalue weighted by Gasteiger charge is -2.05. The van der Waals surface area contributed by atoms with Crippen molar-refractivity contribution in [1.29, 1.82) is 0 Å². The predicted molar refractivity (Wildman–Crippen MR) is 226 cm³/mol. The van der Waals surface area contributed by atoms with Crippen molar-refractivity contribution in [2.75, 3.05) is 0 Å². The highest BCUT2D eigenvalue weighted by molar-refractivity contribution is 8.70. The monoisotopic (exact) mass is 914 g/mol. The third-order valence-corrected chi connectivity index (χ3v) is 14.1. The van der Waals surface area contributed by atoms with Crippen LogP contribution in [-0.2, 0) is 36.6 Å². The van der Waals surface area contributed by atoms with Gasteiger partial charge in [0.15, 0.2) is 0 Å². The standard InChI is InChI=1S/4C6H6O3S2.C6H12.C5H10/c4*7-11(8,9)10-6-4-2-1-3-5-6;1-2-4-6-5-3-1;1-2-4-5-3-1/h4*1-5H,(H,7,8,9);1-6H2;1-5H2. The zero-order valence-corrected chi connectivity index (χ0v) is 36.2. The Morgan fingerprint density at radius 2 is 0.400 bits per heavy atom. The van der Waals surface area contributed by atoms with Crippen LogP contribution in [0.4, 0.5) is 0 Å². The fourth-order valence-electron chi connectivity index (χ4n) is 4.34. The molecule has 20 heteroatoms. The summed E-state index contributed by atoms with van der Waals surface area (Å²) in [4.78, 5) is 2.04. The van der Waals surface area contributed by atoms with Gasteiger partial charge in [0.2, 0.25) is 0 Å². The van der Waals surface area contributed by atoms with E-state index in [4.69, 9.17) is 18.2 Å². The van der Waals surface area contributed by atoms with Gasteiger partial charge in [0.25, 0.3) is 0 Å². The van der Waals surface area contributed by atoms with Gasteiger partial charge in [-0.05, 0) is 48.5 Å². The van der Waals surface area contributed by atoms with Crippen LogP contribution in [0.3, 0.4) is 0 Å². The molecule has 0 unspecified atom stereocenters. The van der Waals surface area contributed by atoms with E-state index in [0.29, 0.717) is 62.8 Å². The molecule has 0 heterocycles. The minimum absolute atomic E-state index is 0.429. The van der Waals surface area contributed by atoms with Crippen LogP contribution < -0.4 is 0 Å². The molecule has 4 aromatic carbocycles. The molecule has 0 spiro atoms. The van der Waals surface area contributed by atoms with Crippen LogP contribution in [0.15, 0.2) is 141 Å². The molecule has 4 N–H and O–H groups in total. The molecule has 0 atom stereocenters. The molecule has 2 saturated carbocycles. The van der Waals surface area contributed by atoms with Crippen molar-refractivity contribution in [3.05, 3.63) is 121 Å². The maximum Gasteiger partial charge on any atom is 0.324 e. The molecule has 2 fully saturated rings. The molecule has 0 amide bonds. The minimum Gasteiger partial charge on any atom is -0.277 e. The van der Waals surface area contributed by atoms with E-state index in [0.717, 1.165) is 0 Å². The summed E-state index contributed by atoms with van der Waals surface area (Å²) >= 11 is 0. The second-order valence-corrected chi connectivity index (χ2v) is 24.2. The average Bonchev–Trinajstić information content (AvgIpc) is 3.70. The van der Waals surface area contributed by atoms with Crippen molar-refractivity contribution in [2.45, 2.75) is 90.2 Å². The van der Waals surface area contributed by atoms with E-state index in [1.54, 1.807) is 121 Å². The summed E-state index contributed by atoms with van der Waals surface area (Å²) in [5.74, 6) is 0.